The third-order valence-electron chi connectivity index (χ3n) is 3.81. The molecule has 2 rings (SSSR count). The summed E-state index contributed by atoms with van der Waals surface area (Å²) in [6.07, 6.45) is 2.25. The third kappa shape index (κ3) is 3.09. The lowest BCUT2D eigenvalue weighted by atomic mass is 9.97. The summed E-state index contributed by atoms with van der Waals surface area (Å²) in [6.45, 7) is 4.39. The van der Waals surface area contributed by atoms with Crippen LogP contribution in [0.25, 0.3) is 0 Å². The van der Waals surface area contributed by atoms with E-state index in [4.69, 9.17) is 16.7 Å². The number of aromatic nitrogens is 2. The third-order valence-corrected chi connectivity index (χ3v) is 4.25. The molecule has 0 amide bonds. The molecule has 0 spiro atoms. The van der Waals surface area contributed by atoms with Crippen LogP contribution < -0.4 is 0 Å². The van der Waals surface area contributed by atoms with Gasteiger partial charge in [-0.1, -0.05) is 18.5 Å². The fraction of sp³-hybridized carbons (Fsp3) is 0.692. The van der Waals surface area contributed by atoms with E-state index in [9.17, 15) is 4.79 Å². The maximum atomic E-state index is 10.9. The smallest absolute Gasteiger partial charge is 0.306 e. The zero-order chi connectivity index (χ0) is 14.0. The van der Waals surface area contributed by atoms with E-state index in [2.05, 4.69) is 10.00 Å². The Labute approximate surface area is 118 Å². The van der Waals surface area contributed by atoms with Crippen molar-refractivity contribution < 1.29 is 9.90 Å². The lowest BCUT2D eigenvalue weighted by molar-refractivity contribution is -0.143. The molecule has 1 saturated heterocycles. The number of carboxylic acids is 1. The standard InChI is InChI=1S/C13H20ClN3O2/c1-3-10-12(14)11(16(2)15-10)8-17-6-4-9(5-7-17)13(18)19/h9H,3-8H2,1-2H3,(H,18,19). The first-order chi connectivity index (χ1) is 9.02. The van der Waals surface area contributed by atoms with Gasteiger partial charge in [0.1, 0.15) is 0 Å². The SMILES string of the molecule is CCc1nn(C)c(CN2CCC(C(=O)O)CC2)c1Cl. The summed E-state index contributed by atoms with van der Waals surface area (Å²) in [5.74, 6) is -0.865. The molecular formula is C13H20ClN3O2. The van der Waals surface area contributed by atoms with Crippen LogP contribution in [-0.4, -0.2) is 38.8 Å². The molecule has 1 fully saturated rings. The average Bonchev–Trinajstić information content (AvgIpc) is 2.67. The molecule has 1 aliphatic rings. The molecule has 5 nitrogen and oxygen atoms in total. The Morgan fingerprint density at radius 1 is 1.47 bits per heavy atom. The Kier molecular flexibility index (Phi) is 4.47. The van der Waals surface area contributed by atoms with Crippen LogP contribution in [0.5, 0.6) is 0 Å². The van der Waals surface area contributed by atoms with E-state index >= 15 is 0 Å². The van der Waals surface area contributed by atoms with E-state index in [0.717, 1.165) is 42.5 Å². The summed E-state index contributed by atoms with van der Waals surface area (Å²) in [6, 6.07) is 0. The molecule has 6 heteroatoms. The van der Waals surface area contributed by atoms with E-state index in [-0.39, 0.29) is 5.92 Å². The highest BCUT2D eigenvalue weighted by Gasteiger charge is 2.25. The monoisotopic (exact) mass is 285 g/mol. The Hall–Kier alpha value is -1.07. The molecule has 0 atom stereocenters. The molecule has 0 unspecified atom stereocenters. The quantitative estimate of drug-likeness (QED) is 0.918. The van der Waals surface area contributed by atoms with E-state index in [1.54, 1.807) is 0 Å². The van der Waals surface area contributed by atoms with Crippen molar-refractivity contribution in [3.8, 4) is 0 Å². The van der Waals surface area contributed by atoms with Crippen molar-refractivity contribution in [3.63, 3.8) is 0 Å². The Morgan fingerprint density at radius 2 is 2.11 bits per heavy atom. The maximum Gasteiger partial charge on any atom is 0.306 e. The van der Waals surface area contributed by atoms with Gasteiger partial charge >= 0.3 is 5.97 Å². The predicted octanol–water partition coefficient (Wildman–Crippen LogP) is 1.93. The number of hydrogen-bond donors (Lipinski definition) is 1. The zero-order valence-corrected chi connectivity index (χ0v) is 12.2. The van der Waals surface area contributed by atoms with Crippen molar-refractivity contribution in [1.82, 2.24) is 14.7 Å². The number of aryl methyl sites for hydroxylation is 2. The van der Waals surface area contributed by atoms with Crippen LogP contribution in [0.15, 0.2) is 0 Å². The van der Waals surface area contributed by atoms with E-state index in [1.165, 1.54) is 0 Å². The van der Waals surface area contributed by atoms with Crippen molar-refractivity contribution in [2.75, 3.05) is 13.1 Å². The van der Waals surface area contributed by atoms with E-state index < -0.39 is 5.97 Å². The number of rotatable bonds is 4. The number of carbonyl (C=O) groups is 1. The van der Waals surface area contributed by atoms with Crippen molar-refractivity contribution >= 4 is 17.6 Å². The molecule has 2 heterocycles. The summed E-state index contributed by atoms with van der Waals surface area (Å²) < 4.78 is 1.84. The molecule has 0 bridgehead atoms. The summed E-state index contributed by atoms with van der Waals surface area (Å²) >= 11 is 6.32. The minimum Gasteiger partial charge on any atom is -0.481 e. The molecule has 1 aromatic heterocycles. The van der Waals surface area contributed by atoms with Crippen molar-refractivity contribution in [3.05, 3.63) is 16.4 Å². The molecule has 1 aliphatic heterocycles. The predicted molar refractivity (Wildman–Crippen MR) is 73.2 cm³/mol. The topological polar surface area (TPSA) is 58.4 Å². The first-order valence-corrected chi connectivity index (χ1v) is 7.06. The number of likely N-dealkylation sites (tertiary alicyclic amines) is 1. The summed E-state index contributed by atoms with van der Waals surface area (Å²) in [5, 5.41) is 14.1. The first-order valence-electron chi connectivity index (χ1n) is 6.68. The molecule has 1 aromatic rings. The Bertz CT molecular complexity index is 465. The fourth-order valence-electron chi connectivity index (χ4n) is 2.54. The molecule has 19 heavy (non-hydrogen) atoms. The molecule has 0 aliphatic carbocycles. The van der Waals surface area contributed by atoms with Gasteiger partial charge in [-0.05, 0) is 32.4 Å². The highest BCUT2D eigenvalue weighted by Crippen LogP contribution is 2.24. The molecule has 1 N–H and O–H groups in total. The highest BCUT2D eigenvalue weighted by atomic mass is 35.5. The van der Waals surface area contributed by atoms with Gasteiger partial charge < -0.3 is 5.11 Å². The zero-order valence-electron chi connectivity index (χ0n) is 11.4. The van der Waals surface area contributed by atoms with Gasteiger partial charge in [-0.15, -0.1) is 0 Å². The highest BCUT2D eigenvalue weighted by molar-refractivity contribution is 6.31. The lowest BCUT2D eigenvalue weighted by Crippen LogP contribution is -2.36. The van der Waals surface area contributed by atoms with Gasteiger partial charge in [0.15, 0.2) is 0 Å². The van der Waals surface area contributed by atoms with Gasteiger partial charge in [-0.3, -0.25) is 14.4 Å². The van der Waals surface area contributed by atoms with Crippen LogP contribution >= 0.6 is 11.6 Å². The largest absolute Gasteiger partial charge is 0.481 e. The summed E-state index contributed by atoms with van der Waals surface area (Å²) in [4.78, 5) is 13.2. The van der Waals surface area contributed by atoms with Gasteiger partial charge in [0.2, 0.25) is 0 Å². The van der Waals surface area contributed by atoms with Crippen LogP contribution in [0.1, 0.15) is 31.2 Å². The van der Waals surface area contributed by atoms with Crippen LogP contribution in [0.4, 0.5) is 0 Å². The second kappa shape index (κ2) is 5.92. The Balaban J connectivity index is 1.99. The van der Waals surface area contributed by atoms with Crippen molar-refractivity contribution in [2.45, 2.75) is 32.7 Å². The number of aliphatic carboxylic acids is 1. The second-order valence-electron chi connectivity index (χ2n) is 5.07. The average molecular weight is 286 g/mol. The number of hydrogen-bond acceptors (Lipinski definition) is 3. The number of halogens is 1. The summed E-state index contributed by atoms with van der Waals surface area (Å²) in [5.41, 5.74) is 1.95. The molecular weight excluding hydrogens is 266 g/mol. The van der Waals surface area contributed by atoms with Gasteiger partial charge in [0, 0.05) is 13.6 Å². The van der Waals surface area contributed by atoms with E-state index in [1.807, 2.05) is 18.7 Å². The molecule has 0 saturated carbocycles. The minimum absolute atomic E-state index is 0.190. The normalized spacial score (nSPS) is 17.8. The minimum atomic E-state index is -0.675. The van der Waals surface area contributed by atoms with Gasteiger partial charge in [-0.25, -0.2) is 0 Å². The first kappa shape index (κ1) is 14.3. The van der Waals surface area contributed by atoms with Crippen molar-refractivity contribution in [1.29, 1.82) is 0 Å². The van der Waals surface area contributed by atoms with Crippen LogP contribution in [0.3, 0.4) is 0 Å². The van der Waals surface area contributed by atoms with Crippen LogP contribution in [0.2, 0.25) is 5.02 Å². The number of nitrogens with zero attached hydrogens (tertiary/aromatic N) is 3. The van der Waals surface area contributed by atoms with Crippen molar-refractivity contribution in [2.24, 2.45) is 13.0 Å². The summed E-state index contributed by atoms with van der Waals surface area (Å²) in [7, 11) is 1.91. The Morgan fingerprint density at radius 3 is 2.58 bits per heavy atom. The fourth-order valence-corrected chi connectivity index (χ4v) is 2.89. The lowest BCUT2D eigenvalue weighted by Gasteiger charge is -2.29. The van der Waals surface area contributed by atoms with Crippen LogP contribution in [0, 0.1) is 5.92 Å². The van der Waals surface area contributed by atoms with E-state index in [0.29, 0.717) is 12.8 Å². The van der Waals surface area contributed by atoms with Gasteiger partial charge in [-0.2, -0.15) is 5.10 Å². The molecule has 0 radical (unpaired) electrons. The molecule has 0 aromatic carbocycles. The number of piperidine rings is 1. The molecule has 106 valence electrons. The maximum absolute atomic E-state index is 10.9. The van der Waals surface area contributed by atoms with Crippen LogP contribution in [-0.2, 0) is 24.8 Å². The second-order valence-corrected chi connectivity index (χ2v) is 5.45. The number of carboxylic acid groups (broad SMARTS) is 1. The van der Waals surface area contributed by atoms with Gasteiger partial charge in [0.05, 0.1) is 22.3 Å². The van der Waals surface area contributed by atoms with Gasteiger partial charge in [0.25, 0.3) is 0 Å².